The smallest absolute Gasteiger partial charge is 0.275 e. The van der Waals surface area contributed by atoms with Crippen molar-refractivity contribution in [3.8, 4) is 11.5 Å². The highest BCUT2D eigenvalue weighted by Gasteiger charge is 2.26. The van der Waals surface area contributed by atoms with Gasteiger partial charge in [0.05, 0.1) is 0 Å². The number of rotatable bonds is 6. The molecule has 6 heteroatoms. The Bertz CT molecular complexity index is 638. The fourth-order valence-corrected chi connectivity index (χ4v) is 4.59. The van der Waals surface area contributed by atoms with E-state index in [-0.39, 0.29) is 5.91 Å². The first-order valence-electron chi connectivity index (χ1n) is 10.6. The Hall–Kier alpha value is -1.79. The number of amides is 1. The van der Waals surface area contributed by atoms with E-state index in [9.17, 15) is 4.79 Å². The second kappa shape index (κ2) is 8.93. The van der Waals surface area contributed by atoms with Gasteiger partial charge in [-0.25, -0.2) is 0 Å². The summed E-state index contributed by atoms with van der Waals surface area (Å²) in [4.78, 5) is 15.3. The minimum atomic E-state index is 0.231. The van der Waals surface area contributed by atoms with Gasteiger partial charge in [0.2, 0.25) is 6.79 Å². The molecule has 1 amide bonds. The average molecular weight is 376 g/mol. The summed E-state index contributed by atoms with van der Waals surface area (Å²) in [5.41, 5.74) is 1.29. The third kappa shape index (κ3) is 5.14. The minimum Gasteiger partial charge on any atom is -0.454 e. The van der Waals surface area contributed by atoms with Gasteiger partial charge >= 0.3 is 0 Å². The topological polar surface area (TPSA) is 56.4 Å². The lowest BCUT2D eigenvalue weighted by atomic mass is 9.89. The Kier molecular flexibility index (Phi) is 6.14. The van der Waals surface area contributed by atoms with Crippen molar-refractivity contribution in [1.29, 1.82) is 0 Å². The monoisotopic (exact) mass is 375 g/mol. The van der Waals surface area contributed by atoms with Gasteiger partial charge in [-0.1, -0.05) is 19.3 Å². The minimum absolute atomic E-state index is 0.231. The zero-order valence-electron chi connectivity index (χ0n) is 16.2. The highest BCUT2D eigenvalue weighted by atomic mass is 16.7. The summed E-state index contributed by atoms with van der Waals surface area (Å²) in [5, 5.41) is 3.18. The molecule has 2 fully saturated rings. The number of hydrogen-bond acceptors (Lipinski definition) is 3. The average Bonchev–Trinajstić information content (AvgIpc) is 3.17. The summed E-state index contributed by atoms with van der Waals surface area (Å²) < 4.78 is 10.9. The van der Waals surface area contributed by atoms with E-state index >= 15 is 0 Å². The van der Waals surface area contributed by atoms with Crippen LogP contribution in [-0.4, -0.2) is 52.0 Å². The fraction of sp³-hybridized carbons (Fsp3) is 0.667. The molecular formula is C21H33N3O3+2. The number of piperazine rings is 1. The highest BCUT2D eigenvalue weighted by Crippen LogP contribution is 2.32. The van der Waals surface area contributed by atoms with E-state index in [2.05, 4.69) is 17.4 Å². The Labute approximate surface area is 161 Å². The number of nitrogens with one attached hydrogen (secondary N) is 3. The van der Waals surface area contributed by atoms with Crippen LogP contribution in [0.15, 0.2) is 18.2 Å². The molecule has 148 valence electrons. The van der Waals surface area contributed by atoms with Crippen molar-refractivity contribution >= 4 is 5.91 Å². The molecule has 4 rings (SSSR count). The van der Waals surface area contributed by atoms with Gasteiger partial charge in [-0.3, -0.25) is 4.79 Å². The van der Waals surface area contributed by atoms with Crippen LogP contribution in [0, 0.1) is 5.92 Å². The molecule has 0 atom stereocenters. The second-order valence-electron chi connectivity index (χ2n) is 8.35. The highest BCUT2D eigenvalue weighted by molar-refractivity contribution is 5.76. The molecule has 1 saturated heterocycles. The van der Waals surface area contributed by atoms with Crippen molar-refractivity contribution in [2.24, 2.45) is 5.92 Å². The van der Waals surface area contributed by atoms with Crippen LogP contribution in [0.2, 0.25) is 0 Å². The van der Waals surface area contributed by atoms with Gasteiger partial charge in [0.25, 0.3) is 5.91 Å². The van der Waals surface area contributed by atoms with Crippen LogP contribution < -0.4 is 24.6 Å². The van der Waals surface area contributed by atoms with Crippen molar-refractivity contribution in [2.75, 3.05) is 46.1 Å². The summed E-state index contributed by atoms with van der Waals surface area (Å²) in [5.74, 6) is 2.66. The van der Waals surface area contributed by atoms with Crippen LogP contribution in [0.1, 0.15) is 37.7 Å². The summed E-state index contributed by atoms with van der Waals surface area (Å²) in [6, 6.07) is 6.25. The molecule has 1 saturated carbocycles. The van der Waals surface area contributed by atoms with Crippen LogP contribution in [-0.2, 0) is 11.3 Å². The van der Waals surface area contributed by atoms with Crippen LogP contribution >= 0.6 is 0 Å². The molecule has 1 aromatic rings. The lowest BCUT2D eigenvalue weighted by Crippen LogP contribution is -3.28. The molecule has 0 aromatic heterocycles. The van der Waals surface area contributed by atoms with Crippen LogP contribution in [0.3, 0.4) is 0 Å². The van der Waals surface area contributed by atoms with Gasteiger partial charge in [-0.15, -0.1) is 0 Å². The summed E-state index contributed by atoms with van der Waals surface area (Å²) in [7, 11) is 0. The molecule has 6 nitrogen and oxygen atoms in total. The molecule has 0 unspecified atom stereocenters. The first-order chi connectivity index (χ1) is 13.3. The first kappa shape index (κ1) is 18.6. The molecular weight excluding hydrogens is 342 g/mol. The Morgan fingerprint density at radius 2 is 1.74 bits per heavy atom. The maximum Gasteiger partial charge on any atom is 0.275 e. The molecule has 2 aliphatic heterocycles. The molecule has 0 bridgehead atoms. The number of quaternary nitrogens is 2. The number of hydrogen-bond donors (Lipinski definition) is 3. The molecule has 27 heavy (non-hydrogen) atoms. The van der Waals surface area contributed by atoms with E-state index in [1.54, 1.807) is 4.90 Å². The van der Waals surface area contributed by atoms with Crippen molar-refractivity contribution < 1.29 is 24.1 Å². The van der Waals surface area contributed by atoms with Crippen molar-refractivity contribution in [1.82, 2.24) is 5.32 Å². The molecule has 1 aromatic carbocycles. The normalized spacial score (nSPS) is 25.3. The third-order valence-electron chi connectivity index (χ3n) is 6.28. The predicted octanol–water partition coefficient (Wildman–Crippen LogP) is -0.605. The Balaban J connectivity index is 1.16. The maximum absolute atomic E-state index is 12.3. The van der Waals surface area contributed by atoms with Crippen molar-refractivity contribution in [3.63, 3.8) is 0 Å². The molecule has 0 radical (unpaired) electrons. The fourth-order valence-electron chi connectivity index (χ4n) is 4.59. The number of carbonyl (C=O) groups excluding carboxylic acids is 1. The Morgan fingerprint density at radius 3 is 2.56 bits per heavy atom. The van der Waals surface area contributed by atoms with Crippen LogP contribution in [0.4, 0.5) is 0 Å². The van der Waals surface area contributed by atoms with E-state index in [0.29, 0.717) is 19.3 Å². The predicted molar refractivity (Wildman–Crippen MR) is 102 cm³/mol. The van der Waals surface area contributed by atoms with E-state index in [4.69, 9.17) is 9.47 Å². The van der Waals surface area contributed by atoms with Gasteiger partial charge in [0.1, 0.15) is 32.7 Å². The second-order valence-corrected chi connectivity index (χ2v) is 8.35. The SMILES string of the molecule is O=C(C[NH+]1CC[NH+](Cc2ccc3c(c2)OCO3)CC1)NCC1CCCCC1. The Morgan fingerprint density at radius 1 is 1.00 bits per heavy atom. The first-order valence-corrected chi connectivity index (χ1v) is 10.6. The zero-order valence-corrected chi connectivity index (χ0v) is 16.2. The summed E-state index contributed by atoms with van der Waals surface area (Å²) >= 11 is 0. The van der Waals surface area contributed by atoms with Crippen molar-refractivity contribution in [2.45, 2.75) is 38.6 Å². The molecule has 3 aliphatic rings. The molecule has 1 aliphatic carbocycles. The molecule has 2 heterocycles. The zero-order chi connectivity index (χ0) is 18.5. The van der Waals surface area contributed by atoms with Gasteiger partial charge in [0, 0.05) is 12.1 Å². The summed E-state index contributed by atoms with van der Waals surface area (Å²) in [6.45, 7) is 7.21. The maximum atomic E-state index is 12.3. The van der Waals surface area contributed by atoms with Crippen LogP contribution in [0.25, 0.3) is 0 Å². The number of carbonyl (C=O) groups is 1. The third-order valence-corrected chi connectivity index (χ3v) is 6.28. The van der Waals surface area contributed by atoms with Gasteiger partial charge in [0.15, 0.2) is 18.0 Å². The van der Waals surface area contributed by atoms with E-state index in [1.807, 2.05) is 6.07 Å². The number of fused-ring (bicyclic) bond motifs is 1. The van der Waals surface area contributed by atoms with Crippen molar-refractivity contribution in [3.05, 3.63) is 23.8 Å². The quantitative estimate of drug-likeness (QED) is 0.622. The molecule has 3 N–H and O–H groups in total. The van der Waals surface area contributed by atoms with Gasteiger partial charge < -0.3 is 24.6 Å². The number of benzene rings is 1. The van der Waals surface area contributed by atoms with Crippen LogP contribution in [0.5, 0.6) is 11.5 Å². The lowest BCUT2D eigenvalue weighted by Gasteiger charge is -2.29. The number of ether oxygens (including phenoxy) is 2. The largest absolute Gasteiger partial charge is 0.454 e. The van der Waals surface area contributed by atoms with E-state index in [0.717, 1.165) is 50.8 Å². The standard InChI is InChI=1S/C21H31N3O3/c25-21(22-13-17-4-2-1-3-5-17)15-24-10-8-23(9-11-24)14-18-6-7-19-20(12-18)27-16-26-19/h6-7,12,17H,1-5,8-11,13-16H2,(H,22,25)/p+2. The van der Waals surface area contributed by atoms with E-state index < -0.39 is 0 Å². The lowest BCUT2D eigenvalue weighted by molar-refractivity contribution is -1.02. The van der Waals surface area contributed by atoms with E-state index in [1.165, 1.54) is 42.6 Å². The van der Waals surface area contributed by atoms with Gasteiger partial charge in [-0.2, -0.15) is 0 Å². The molecule has 0 spiro atoms. The van der Waals surface area contributed by atoms with Gasteiger partial charge in [-0.05, 0) is 37.0 Å². The summed E-state index contributed by atoms with van der Waals surface area (Å²) in [6.07, 6.45) is 6.61.